The van der Waals surface area contributed by atoms with Gasteiger partial charge in [0.15, 0.2) is 4.80 Å². The number of carbonyl (C=O) groups excluding carboxylic acids is 2. The Morgan fingerprint density at radius 1 is 1.11 bits per heavy atom. The Hall–Kier alpha value is -3.49. The standard InChI is InChI=1S/C26H22ClN3O4S/c1-4-29-18-13-9-7-11-16(18)20(23(29)31)22-24(32)30-21(15-10-6-8-12-17(15)27)19(25(33)34-5-2)14(3)28-26(30)35-22/h6-13,21H,4-5H2,1-3H3/t21-/m1/s1. The predicted octanol–water partition coefficient (Wildman–Crippen LogP) is 3.19. The van der Waals surface area contributed by atoms with Gasteiger partial charge in [0.25, 0.3) is 11.5 Å². The zero-order chi connectivity index (χ0) is 24.9. The summed E-state index contributed by atoms with van der Waals surface area (Å²) in [5.41, 5.74) is 2.70. The lowest BCUT2D eigenvalue weighted by atomic mass is 9.96. The van der Waals surface area contributed by atoms with E-state index in [1.165, 1.54) is 4.57 Å². The quantitative estimate of drug-likeness (QED) is 0.508. The molecule has 7 nitrogen and oxygen atoms in total. The molecule has 2 aromatic carbocycles. The number of esters is 1. The Kier molecular flexibility index (Phi) is 5.94. The molecule has 3 aromatic rings. The first-order chi connectivity index (χ1) is 16.9. The monoisotopic (exact) mass is 507 g/mol. The van der Waals surface area contributed by atoms with Crippen LogP contribution in [0.15, 0.2) is 69.6 Å². The first-order valence-corrected chi connectivity index (χ1v) is 12.5. The van der Waals surface area contributed by atoms with Crippen molar-refractivity contribution in [3.05, 3.63) is 95.6 Å². The van der Waals surface area contributed by atoms with Crippen molar-refractivity contribution in [2.75, 3.05) is 18.1 Å². The zero-order valence-corrected chi connectivity index (χ0v) is 20.9. The maximum atomic E-state index is 14.0. The van der Waals surface area contributed by atoms with Crippen LogP contribution in [0.5, 0.6) is 0 Å². The number of fused-ring (bicyclic) bond motifs is 2. The van der Waals surface area contributed by atoms with E-state index in [0.717, 1.165) is 17.0 Å². The predicted molar refractivity (Wildman–Crippen MR) is 135 cm³/mol. The number of thiazole rings is 1. The minimum absolute atomic E-state index is 0.178. The first kappa shape index (κ1) is 23.3. The fourth-order valence-corrected chi connectivity index (χ4v) is 6.02. The summed E-state index contributed by atoms with van der Waals surface area (Å²) < 4.78 is 7.06. The molecule has 0 spiro atoms. The van der Waals surface area contributed by atoms with Crippen molar-refractivity contribution in [3.63, 3.8) is 0 Å². The van der Waals surface area contributed by atoms with Gasteiger partial charge in [-0.15, -0.1) is 0 Å². The third-order valence-electron chi connectivity index (χ3n) is 6.16. The van der Waals surface area contributed by atoms with Gasteiger partial charge in [0.2, 0.25) is 0 Å². The third-order valence-corrected chi connectivity index (χ3v) is 7.56. The second-order valence-electron chi connectivity index (χ2n) is 8.09. The van der Waals surface area contributed by atoms with Crippen molar-refractivity contribution in [1.82, 2.24) is 4.57 Å². The molecule has 0 bridgehead atoms. The molecular weight excluding hydrogens is 486 g/mol. The SMILES string of the molecule is CCOC(=O)C1=C(C)N=c2sc(=C3C(=O)N(CC)c4ccccc43)c(=O)n2[C@@H]1c1ccccc1Cl. The lowest BCUT2D eigenvalue weighted by Crippen LogP contribution is -2.41. The highest BCUT2D eigenvalue weighted by Crippen LogP contribution is 2.36. The number of halogens is 1. The maximum absolute atomic E-state index is 14.0. The van der Waals surface area contributed by atoms with Gasteiger partial charge in [-0.1, -0.05) is 59.3 Å². The van der Waals surface area contributed by atoms with Crippen LogP contribution in [-0.2, 0) is 14.3 Å². The Labute approximate surface area is 210 Å². The van der Waals surface area contributed by atoms with E-state index in [-0.39, 0.29) is 22.6 Å². The first-order valence-electron chi connectivity index (χ1n) is 11.3. The molecule has 35 heavy (non-hydrogen) atoms. The molecule has 9 heteroatoms. The van der Waals surface area contributed by atoms with Gasteiger partial charge in [0.05, 0.1) is 29.1 Å². The number of aromatic nitrogens is 1. The van der Waals surface area contributed by atoms with Crippen LogP contribution in [0.1, 0.15) is 37.9 Å². The summed E-state index contributed by atoms with van der Waals surface area (Å²) in [4.78, 5) is 47.0. The van der Waals surface area contributed by atoms with E-state index in [0.29, 0.717) is 38.8 Å². The van der Waals surface area contributed by atoms with Crippen molar-refractivity contribution in [2.45, 2.75) is 26.8 Å². The number of ether oxygens (including phenoxy) is 1. The average molecular weight is 508 g/mol. The minimum Gasteiger partial charge on any atom is -0.463 e. The lowest BCUT2D eigenvalue weighted by molar-refractivity contribution is -0.139. The van der Waals surface area contributed by atoms with Gasteiger partial charge in [0.1, 0.15) is 10.6 Å². The van der Waals surface area contributed by atoms with Gasteiger partial charge < -0.3 is 9.64 Å². The summed E-state index contributed by atoms with van der Waals surface area (Å²) >= 11 is 7.69. The largest absolute Gasteiger partial charge is 0.463 e. The number of rotatable bonds is 4. The molecule has 0 aliphatic carbocycles. The minimum atomic E-state index is -0.831. The van der Waals surface area contributed by atoms with Gasteiger partial charge in [-0.2, -0.15) is 0 Å². The van der Waals surface area contributed by atoms with Crippen LogP contribution in [0.2, 0.25) is 5.02 Å². The van der Waals surface area contributed by atoms with Crippen molar-refractivity contribution < 1.29 is 14.3 Å². The molecule has 1 amide bonds. The summed E-state index contributed by atoms with van der Waals surface area (Å²) in [6.45, 7) is 5.98. The van der Waals surface area contributed by atoms with E-state index in [9.17, 15) is 14.4 Å². The molecular formula is C26H22ClN3O4S. The van der Waals surface area contributed by atoms with Crippen LogP contribution in [0, 0.1) is 0 Å². The van der Waals surface area contributed by atoms with Crippen molar-refractivity contribution >= 4 is 46.1 Å². The Morgan fingerprint density at radius 3 is 2.54 bits per heavy atom. The average Bonchev–Trinajstić information content (AvgIpc) is 3.30. The second-order valence-corrected chi connectivity index (χ2v) is 9.47. The number of hydrogen-bond donors (Lipinski definition) is 0. The molecule has 1 atom stereocenters. The molecule has 3 heterocycles. The lowest BCUT2D eigenvalue weighted by Gasteiger charge is -2.25. The van der Waals surface area contributed by atoms with E-state index < -0.39 is 17.6 Å². The summed E-state index contributed by atoms with van der Waals surface area (Å²) in [5.74, 6) is -0.786. The number of likely N-dealkylation sites (N-methyl/N-ethyl adjacent to an activating group) is 1. The third kappa shape index (κ3) is 3.56. The fourth-order valence-electron chi connectivity index (χ4n) is 4.65. The van der Waals surface area contributed by atoms with Crippen LogP contribution in [0.4, 0.5) is 5.69 Å². The van der Waals surface area contributed by atoms with E-state index in [4.69, 9.17) is 16.3 Å². The number of hydrogen-bond acceptors (Lipinski definition) is 6. The Morgan fingerprint density at radius 2 is 1.83 bits per heavy atom. The number of allylic oxidation sites excluding steroid dienone is 1. The molecule has 0 N–H and O–H groups in total. The number of para-hydroxylation sites is 1. The molecule has 178 valence electrons. The van der Waals surface area contributed by atoms with Crippen LogP contribution < -0.4 is 19.8 Å². The van der Waals surface area contributed by atoms with Crippen LogP contribution in [-0.4, -0.2) is 29.6 Å². The Bertz CT molecular complexity index is 1600. The number of amides is 1. The molecule has 2 aliphatic rings. The van der Waals surface area contributed by atoms with E-state index in [2.05, 4.69) is 4.99 Å². The number of benzene rings is 2. The number of nitrogens with zero attached hydrogens (tertiary/aromatic N) is 3. The van der Waals surface area contributed by atoms with Crippen LogP contribution in [0.25, 0.3) is 5.57 Å². The molecule has 2 aliphatic heterocycles. The highest BCUT2D eigenvalue weighted by atomic mass is 35.5. The highest BCUT2D eigenvalue weighted by molar-refractivity contribution is 7.07. The van der Waals surface area contributed by atoms with Crippen LogP contribution >= 0.6 is 22.9 Å². The molecule has 0 saturated heterocycles. The summed E-state index contributed by atoms with van der Waals surface area (Å²) in [7, 11) is 0. The molecule has 1 aromatic heterocycles. The normalized spacial score (nSPS) is 18.3. The van der Waals surface area contributed by atoms with Crippen molar-refractivity contribution in [2.24, 2.45) is 4.99 Å². The second kappa shape index (κ2) is 8.94. The van der Waals surface area contributed by atoms with Gasteiger partial charge in [-0.25, -0.2) is 9.79 Å². The summed E-state index contributed by atoms with van der Waals surface area (Å²) in [5, 5.41) is 0.409. The molecule has 5 rings (SSSR count). The van der Waals surface area contributed by atoms with Gasteiger partial charge in [0, 0.05) is 17.1 Å². The van der Waals surface area contributed by atoms with E-state index in [1.807, 2.05) is 31.2 Å². The highest BCUT2D eigenvalue weighted by Gasteiger charge is 2.37. The number of anilines is 1. The molecule has 0 fully saturated rings. The molecule has 0 saturated carbocycles. The van der Waals surface area contributed by atoms with E-state index in [1.54, 1.807) is 43.0 Å². The number of carbonyl (C=O) groups is 2. The van der Waals surface area contributed by atoms with Gasteiger partial charge in [-0.05, 0) is 38.5 Å². The van der Waals surface area contributed by atoms with E-state index >= 15 is 0 Å². The molecule has 0 unspecified atom stereocenters. The fraction of sp³-hybridized carbons (Fsp3) is 0.231. The summed E-state index contributed by atoms with van der Waals surface area (Å²) in [6.07, 6.45) is 0. The van der Waals surface area contributed by atoms with Gasteiger partial charge in [-0.3, -0.25) is 14.2 Å². The maximum Gasteiger partial charge on any atom is 0.338 e. The zero-order valence-electron chi connectivity index (χ0n) is 19.4. The summed E-state index contributed by atoms with van der Waals surface area (Å²) in [6, 6.07) is 13.7. The van der Waals surface area contributed by atoms with Crippen LogP contribution in [0.3, 0.4) is 0 Å². The van der Waals surface area contributed by atoms with Gasteiger partial charge >= 0.3 is 5.97 Å². The molecule has 0 radical (unpaired) electrons. The Balaban J connectivity index is 1.85. The topological polar surface area (TPSA) is 81.0 Å². The van der Waals surface area contributed by atoms with Crippen molar-refractivity contribution in [3.8, 4) is 0 Å². The van der Waals surface area contributed by atoms with Crippen molar-refractivity contribution in [1.29, 1.82) is 0 Å². The smallest absolute Gasteiger partial charge is 0.338 e.